The van der Waals surface area contributed by atoms with Gasteiger partial charge in [0.25, 0.3) is 0 Å². The number of anilines is 1. The molecule has 0 radical (unpaired) electrons. The Hall–Kier alpha value is -2.36. The number of rotatable bonds is 8. The topological polar surface area (TPSA) is 134 Å². The van der Waals surface area contributed by atoms with Crippen molar-refractivity contribution in [2.24, 2.45) is 11.7 Å². The van der Waals surface area contributed by atoms with Crippen molar-refractivity contribution < 1.29 is 19.4 Å². The minimum absolute atomic E-state index is 0.00275. The van der Waals surface area contributed by atoms with E-state index < -0.39 is 12.1 Å². The molecule has 4 N–H and O–H groups in total. The lowest BCUT2D eigenvalue weighted by molar-refractivity contribution is 0.0688. The maximum Gasteiger partial charge on any atom is 0.354 e. The summed E-state index contributed by atoms with van der Waals surface area (Å²) in [6.45, 7) is 4.56. The van der Waals surface area contributed by atoms with Crippen molar-refractivity contribution in [3.8, 4) is 6.01 Å². The Balaban J connectivity index is 1.77. The second kappa shape index (κ2) is 9.84. The number of nitrogens with one attached hydrogen (secondary N) is 1. The molecule has 31 heavy (non-hydrogen) atoms. The number of piperidine rings is 1. The van der Waals surface area contributed by atoms with Gasteiger partial charge in [0.15, 0.2) is 11.5 Å². The molecule has 3 heterocycles. The molecule has 1 saturated heterocycles. The minimum atomic E-state index is -1.18. The van der Waals surface area contributed by atoms with Gasteiger partial charge in [0.2, 0.25) is 0 Å². The fraction of sp³-hybridized carbons (Fsp3) is 0.500. The van der Waals surface area contributed by atoms with Gasteiger partial charge in [-0.2, -0.15) is 9.97 Å². The summed E-state index contributed by atoms with van der Waals surface area (Å²) >= 11 is 12.3. The van der Waals surface area contributed by atoms with Gasteiger partial charge in [-0.25, -0.2) is 4.79 Å². The molecule has 0 bridgehead atoms. The van der Waals surface area contributed by atoms with Crippen LogP contribution in [-0.2, 0) is 0 Å². The number of aryl methyl sites for hydroxylation is 1. The van der Waals surface area contributed by atoms with Crippen molar-refractivity contribution >= 4 is 40.8 Å². The number of ether oxygens (including phenoxy) is 1. The monoisotopic (exact) mass is 469 g/mol. The molecule has 2 atom stereocenters. The third kappa shape index (κ3) is 5.11. The van der Waals surface area contributed by atoms with Crippen LogP contribution < -0.4 is 15.4 Å². The molecular formula is C20H25Cl2N5O4. The van der Waals surface area contributed by atoms with Crippen LogP contribution in [0.1, 0.15) is 59.3 Å². The van der Waals surface area contributed by atoms with Crippen molar-refractivity contribution in [3.05, 3.63) is 33.2 Å². The lowest BCUT2D eigenvalue weighted by Crippen LogP contribution is -2.50. The largest absolute Gasteiger partial charge is 0.477 e. The number of halogens is 2. The number of ketones is 1. The molecule has 9 nitrogen and oxygen atoms in total. The summed E-state index contributed by atoms with van der Waals surface area (Å²) in [5.41, 5.74) is 7.09. The molecule has 2 aromatic rings. The van der Waals surface area contributed by atoms with Crippen LogP contribution in [0.25, 0.3) is 0 Å². The number of aromatic amines is 1. The van der Waals surface area contributed by atoms with Gasteiger partial charge < -0.3 is 25.5 Å². The summed E-state index contributed by atoms with van der Waals surface area (Å²) in [5, 5.41) is 9.95. The summed E-state index contributed by atoms with van der Waals surface area (Å²) in [6.07, 6.45) is 2.02. The van der Waals surface area contributed by atoms with E-state index in [0.29, 0.717) is 42.5 Å². The van der Waals surface area contributed by atoms with E-state index in [-0.39, 0.29) is 34.1 Å². The van der Waals surface area contributed by atoms with E-state index in [4.69, 9.17) is 33.7 Å². The number of carbonyl (C=O) groups is 2. The average Bonchev–Trinajstić information content (AvgIpc) is 3.00. The third-order valence-electron chi connectivity index (χ3n) is 5.25. The minimum Gasteiger partial charge on any atom is -0.477 e. The lowest BCUT2D eigenvalue weighted by Gasteiger charge is -2.37. The number of hydrogen-bond donors (Lipinski definition) is 3. The van der Waals surface area contributed by atoms with E-state index in [1.54, 1.807) is 11.8 Å². The predicted molar refractivity (Wildman–Crippen MR) is 117 cm³/mol. The number of nitrogens with two attached hydrogens (primary N) is 1. The number of hydrogen-bond acceptors (Lipinski definition) is 7. The van der Waals surface area contributed by atoms with Crippen LogP contribution in [-0.4, -0.2) is 51.1 Å². The number of aromatic nitrogens is 3. The van der Waals surface area contributed by atoms with Crippen molar-refractivity contribution in [1.82, 2.24) is 15.0 Å². The first-order valence-electron chi connectivity index (χ1n) is 10.1. The van der Waals surface area contributed by atoms with Crippen LogP contribution >= 0.6 is 23.2 Å². The first-order chi connectivity index (χ1) is 14.7. The summed E-state index contributed by atoms with van der Waals surface area (Å²) in [4.78, 5) is 37.4. The Labute approximate surface area is 189 Å². The molecule has 0 aromatic carbocycles. The first-order valence-corrected chi connectivity index (χ1v) is 10.8. The quantitative estimate of drug-likeness (QED) is 0.393. The highest BCUT2D eigenvalue weighted by atomic mass is 35.5. The molecule has 1 fully saturated rings. The summed E-state index contributed by atoms with van der Waals surface area (Å²) < 4.78 is 5.51. The van der Waals surface area contributed by atoms with Gasteiger partial charge in [-0.05, 0) is 26.2 Å². The van der Waals surface area contributed by atoms with Crippen LogP contribution in [0.5, 0.6) is 6.01 Å². The zero-order chi connectivity index (χ0) is 22.7. The fourth-order valence-corrected chi connectivity index (χ4v) is 3.93. The Kier molecular flexibility index (Phi) is 7.40. The molecule has 0 spiro atoms. The molecule has 168 valence electrons. The predicted octanol–water partition coefficient (Wildman–Crippen LogP) is 3.68. The SMILES string of the molecule is CCCCOc1nc(C(=O)O)cc(N2CCC(C(=O)c3[nH]c(C)c(Cl)c3Cl)CC2N)n1. The van der Waals surface area contributed by atoms with Gasteiger partial charge in [0, 0.05) is 24.2 Å². The summed E-state index contributed by atoms with van der Waals surface area (Å²) in [5.74, 6) is -1.32. The van der Waals surface area contributed by atoms with Crippen LogP contribution in [0.15, 0.2) is 6.07 Å². The molecule has 2 aromatic heterocycles. The number of H-pyrrole nitrogens is 1. The molecule has 0 saturated carbocycles. The number of carbonyl (C=O) groups excluding carboxylic acids is 1. The number of carboxylic acids is 1. The maximum atomic E-state index is 12.9. The van der Waals surface area contributed by atoms with Gasteiger partial charge >= 0.3 is 12.0 Å². The van der Waals surface area contributed by atoms with Crippen molar-refractivity contribution in [2.75, 3.05) is 18.1 Å². The lowest BCUT2D eigenvalue weighted by atomic mass is 9.89. The smallest absolute Gasteiger partial charge is 0.354 e. The van der Waals surface area contributed by atoms with E-state index in [1.807, 2.05) is 6.92 Å². The highest BCUT2D eigenvalue weighted by Gasteiger charge is 2.34. The molecule has 0 amide bonds. The highest BCUT2D eigenvalue weighted by molar-refractivity contribution is 6.44. The van der Waals surface area contributed by atoms with Crippen LogP contribution in [0.4, 0.5) is 5.82 Å². The van der Waals surface area contributed by atoms with Crippen molar-refractivity contribution in [3.63, 3.8) is 0 Å². The van der Waals surface area contributed by atoms with E-state index in [9.17, 15) is 14.7 Å². The van der Waals surface area contributed by atoms with Gasteiger partial charge in [0.05, 0.1) is 22.8 Å². The van der Waals surface area contributed by atoms with Gasteiger partial charge in [-0.3, -0.25) is 4.79 Å². The number of carboxylic acid groups (broad SMARTS) is 1. The van der Waals surface area contributed by atoms with Crippen LogP contribution in [0.2, 0.25) is 10.0 Å². The number of nitrogens with zero attached hydrogens (tertiary/aromatic N) is 3. The maximum absolute atomic E-state index is 12.9. The van der Waals surface area contributed by atoms with Crippen molar-refractivity contribution in [1.29, 1.82) is 0 Å². The average molecular weight is 470 g/mol. The molecule has 2 unspecified atom stereocenters. The second-order valence-electron chi connectivity index (χ2n) is 7.50. The Morgan fingerprint density at radius 1 is 1.35 bits per heavy atom. The zero-order valence-electron chi connectivity index (χ0n) is 17.3. The first kappa shape index (κ1) is 23.3. The number of aromatic carboxylic acids is 1. The molecule has 11 heteroatoms. The number of unbranched alkanes of at least 4 members (excludes halogenated alkanes) is 1. The molecule has 1 aliphatic heterocycles. The fourth-order valence-electron chi connectivity index (χ4n) is 3.51. The van der Waals surface area contributed by atoms with Gasteiger partial charge in [-0.1, -0.05) is 36.5 Å². The summed E-state index contributed by atoms with van der Waals surface area (Å²) in [7, 11) is 0. The third-order valence-corrected chi connectivity index (χ3v) is 6.20. The van der Waals surface area contributed by atoms with Crippen LogP contribution in [0, 0.1) is 12.8 Å². The van der Waals surface area contributed by atoms with Crippen LogP contribution in [0.3, 0.4) is 0 Å². The highest BCUT2D eigenvalue weighted by Crippen LogP contribution is 2.34. The Bertz CT molecular complexity index is 981. The van der Waals surface area contributed by atoms with Crippen molar-refractivity contribution in [2.45, 2.75) is 45.7 Å². The molecule has 0 aliphatic carbocycles. The van der Waals surface area contributed by atoms with E-state index in [1.165, 1.54) is 6.07 Å². The zero-order valence-corrected chi connectivity index (χ0v) is 18.8. The van der Waals surface area contributed by atoms with Gasteiger partial charge in [-0.15, -0.1) is 0 Å². The standard InChI is InChI=1S/C20H25Cl2N5O4/c1-3-4-7-31-20-25-12(19(29)30)9-14(26-20)27-6-5-11(8-13(27)23)18(28)17-16(22)15(21)10(2)24-17/h9,11,13,24H,3-8,23H2,1-2H3,(H,29,30). The summed E-state index contributed by atoms with van der Waals surface area (Å²) in [6, 6.07) is 1.36. The number of Topliss-reactive ketones (excluding diaryl/α,β-unsaturated/α-hetero) is 1. The Morgan fingerprint density at radius 2 is 2.10 bits per heavy atom. The van der Waals surface area contributed by atoms with E-state index >= 15 is 0 Å². The molecule has 3 rings (SSSR count). The van der Waals surface area contributed by atoms with E-state index in [0.717, 1.165) is 12.8 Å². The van der Waals surface area contributed by atoms with Gasteiger partial charge in [0.1, 0.15) is 11.5 Å². The second-order valence-corrected chi connectivity index (χ2v) is 8.26. The Morgan fingerprint density at radius 3 is 2.68 bits per heavy atom. The van der Waals surface area contributed by atoms with E-state index in [2.05, 4.69) is 15.0 Å². The normalized spacial score (nSPS) is 18.8. The molecule has 1 aliphatic rings. The molecular weight excluding hydrogens is 445 g/mol.